The molecule has 0 radical (unpaired) electrons. The number of pyridine rings is 1. The fraction of sp³-hybridized carbons (Fsp3) is 0.500. The lowest BCUT2D eigenvalue weighted by molar-refractivity contribution is 0.00253. The van der Waals surface area contributed by atoms with Gasteiger partial charge in [-0.15, -0.1) is 0 Å². The van der Waals surface area contributed by atoms with E-state index in [9.17, 15) is 9.50 Å². The summed E-state index contributed by atoms with van der Waals surface area (Å²) in [4.78, 5) is 3.69. The highest BCUT2D eigenvalue weighted by molar-refractivity contribution is 5.09. The molecule has 1 aromatic heterocycles. The highest BCUT2D eigenvalue weighted by Crippen LogP contribution is 2.02. The third kappa shape index (κ3) is 4.33. The standard InChI is InChI=1S/C10H15FN2O2/c1-10(15,7-14)6-13-4-8-2-9(11)5-12-3-8/h2-3,5,13-15H,4,6-7H2,1H3. The van der Waals surface area contributed by atoms with Gasteiger partial charge in [-0.25, -0.2) is 4.39 Å². The summed E-state index contributed by atoms with van der Waals surface area (Å²) in [7, 11) is 0. The van der Waals surface area contributed by atoms with Crippen LogP contribution >= 0.6 is 0 Å². The van der Waals surface area contributed by atoms with E-state index >= 15 is 0 Å². The number of nitrogens with one attached hydrogen (secondary N) is 1. The number of rotatable bonds is 5. The fourth-order valence-electron chi connectivity index (χ4n) is 1.08. The average molecular weight is 214 g/mol. The SMILES string of the molecule is CC(O)(CO)CNCc1cncc(F)c1. The summed E-state index contributed by atoms with van der Waals surface area (Å²) in [5, 5.41) is 21.1. The molecule has 0 bridgehead atoms. The second-order valence-corrected chi connectivity index (χ2v) is 3.77. The Bertz CT molecular complexity index is 318. The van der Waals surface area contributed by atoms with E-state index in [-0.39, 0.29) is 19.0 Å². The summed E-state index contributed by atoms with van der Waals surface area (Å²) in [6.45, 7) is 1.84. The highest BCUT2D eigenvalue weighted by Gasteiger charge is 2.17. The number of hydrogen-bond acceptors (Lipinski definition) is 4. The highest BCUT2D eigenvalue weighted by atomic mass is 19.1. The average Bonchev–Trinajstić information content (AvgIpc) is 2.18. The van der Waals surface area contributed by atoms with Crippen LogP contribution in [0.4, 0.5) is 4.39 Å². The van der Waals surface area contributed by atoms with Crippen LogP contribution in [0.25, 0.3) is 0 Å². The first-order chi connectivity index (χ1) is 7.03. The van der Waals surface area contributed by atoms with Crippen molar-refractivity contribution in [2.24, 2.45) is 0 Å². The summed E-state index contributed by atoms with van der Waals surface area (Å²) in [6, 6.07) is 1.37. The van der Waals surface area contributed by atoms with E-state index in [1.165, 1.54) is 13.0 Å². The second-order valence-electron chi connectivity index (χ2n) is 3.77. The van der Waals surface area contributed by atoms with E-state index in [1.54, 1.807) is 6.20 Å². The van der Waals surface area contributed by atoms with Gasteiger partial charge >= 0.3 is 0 Å². The van der Waals surface area contributed by atoms with E-state index in [4.69, 9.17) is 5.11 Å². The predicted molar refractivity (Wildman–Crippen MR) is 53.6 cm³/mol. The Kier molecular flexibility index (Phi) is 4.14. The Morgan fingerprint density at radius 1 is 1.53 bits per heavy atom. The van der Waals surface area contributed by atoms with Crippen molar-refractivity contribution >= 4 is 0 Å². The molecule has 1 rings (SSSR count). The third-order valence-corrected chi connectivity index (χ3v) is 1.94. The van der Waals surface area contributed by atoms with Crippen LogP contribution in [0.5, 0.6) is 0 Å². The molecule has 0 saturated heterocycles. The van der Waals surface area contributed by atoms with Crippen LogP contribution in [-0.4, -0.2) is 33.9 Å². The zero-order chi connectivity index (χ0) is 11.3. The van der Waals surface area contributed by atoms with E-state index < -0.39 is 5.60 Å². The Hall–Kier alpha value is -1.04. The minimum Gasteiger partial charge on any atom is -0.393 e. The van der Waals surface area contributed by atoms with Crippen LogP contribution in [0, 0.1) is 5.82 Å². The van der Waals surface area contributed by atoms with Crippen LogP contribution in [0.2, 0.25) is 0 Å². The number of aromatic nitrogens is 1. The minimum absolute atomic E-state index is 0.236. The Morgan fingerprint density at radius 3 is 2.87 bits per heavy atom. The molecule has 4 nitrogen and oxygen atoms in total. The molecule has 0 aliphatic rings. The van der Waals surface area contributed by atoms with Gasteiger partial charge in [0.2, 0.25) is 0 Å². The second kappa shape index (κ2) is 5.16. The molecule has 1 unspecified atom stereocenters. The summed E-state index contributed by atoms with van der Waals surface area (Å²) in [6.07, 6.45) is 2.68. The van der Waals surface area contributed by atoms with Crippen LogP contribution in [0.15, 0.2) is 18.5 Å². The van der Waals surface area contributed by atoms with E-state index in [0.717, 1.165) is 6.20 Å². The maximum absolute atomic E-state index is 12.7. The molecule has 0 amide bonds. The van der Waals surface area contributed by atoms with Crippen LogP contribution in [-0.2, 0) is 6.54 Å². The van der Waals surface area contributed by atoms with Gasteiger partial charge in [0.25, 0.3) is 0 Å². The third-order valence-electron chi connectivity index (χ3n) is 1.94. The lowest BCUT2D eigenvalue weighted by Gasteiger charge is -2.20. The van der Waals surface area contributed by atoms with Crippen molar-refractivity contribution in [3.8, 4) is 0 Å². The number of nitrogens with zero attached hydrogens (tertiary/aromatic N) is 1. The maximum Gasteiger partial charge on any atom is 0.141 e. The molecule has 1 heterocycles. The lowest BCUT2D eigenvalue weighted by Crippen LogP contribution is -2.40. The van der Waals surface area contributed by atoms with Crippen molar-refractivity contribution in [3.05, 3.63) is 29.8 Å². The molecular weight excluding hydrogens is 199 g/mol. The van der Waals surface area contributed by atoms with Gasteiger partial charge < -0.3 is 15.5 Å². The first kappa shape index (κ1) is 12.0. The summed E-state index contributed by atoms with van der Waals surface area (Å²) < 4.78 is 12.7. The zero-order valence-electron chi connectivity index (χ0n) is 8.57. The summed E-state index contributed by atoms with van der Waals surface area (Å²) in [5.41, 5.74) is -0.454. The molecule has 1 aromatic rings. The Labute approximate surface area is 87.8 Å². The van der Waals surface area contributed by atoms with Gasteiger partial charge in [-0.3, -0.25) is 4.98 Å². The monoisotopic (exact) mass is 214 g/mol. The van der Waals surface area contributed by atoms with Crippen molar-refractivity contribution in [1.82, 2.24) is 10.3 Å². The lowest BCUT2D eigenvalue weighted by atomic mass is 10.1. The molecule has 1 atom stereocenters. The smallest absolute Gasteiger partial charge is 0.141 e. The quantitative estimate of drug-likeness (QED) is 0.648. The van der Waals surface area contributed by atoms with Crippen LogP contribution in [0.3, 0.4) is 0 Å². The van der Waals surface area contributed by atoms with Gasteiger partial charge in [-0.2, -0.15) is 0 Å². The van der Waals surface area contributed by atoms with E-state index in [1.807, 2.05) is 0 Å². The zero-order valence-corrected chi connectivity index (χ0v) is 8.57. The first-order valence-electron chi connectivity index (χ1n) is 4.67. The van der Waals surface area contributed by atoms with Gasteiger partial charge in [0.05, 0.1) is 18.4 Å². The van der Waals surface area contributed by atoms with Crippen LogP contribution in [0.1, 0.15) is 12.5 Å². The molecule has 5 heteroatoms. The summed E-state index contributed by atoms with van der Waals surface area (Å²) in [5.74, 6) is -0.386. The van der Waals surface area contributed by atoms with E-state index in [0.29, 0.717) is 12.1 Å². The van der Waals surface area contributed by atoms with Crippen molar-refractivity contribution in [2.45, 2.75) is 19.1 Å². The molecule has 0 aliphatic carbocycles. The molecular formula is C10H15FN2O2. The van der Waals surface area contributed by atoms with E-state index in [2.05, 4.69) is 10.3 Å². The molecule has 15 heavy (non-hydrogen) atoms. The predicted octanol–water partition coefficient (Wildman–Crippen LogP) is 0.0536. The topological polar surface area (TPSA) is 65.4 Å². The largest absolute Gasteiger partial charge is 0.393 e. The van der Waals surface area contributed by atoms with Crippen molar-refractivity contribution in [2.75, 3.05) is 13.2 Å². The molecule has 0 saturated carbocycles. The molecule has 0 aromatic carbocycles. The van der Waals surface area contributed by atoms with Crippen molar-refractivity contribution < 1.29 is 14.6 Å². The maximum atomic E-state index is 12.7. The van der Waals surface area contributed by atoms with Crippen molar-refractivity contribution in [3.63, 3.8) is 0 Å². The first-order valence-corrected chi connectivity index (χ1v) is 4.67. The van der Waals surface area contributed by atoms with Gasteiger partial charge in [0.15, 0.2) is 0 Å². The molecule has 3 N–H and O–H groups in total. The number of halogens is 1. The Morgan fingerprint density at radius 2 is 2.27 bits per heavy atom. The molecule has 0 spiro atoms. The number of hydrogen-bond donors (Lipinski definition) is 3. The van der Waals surface area contributed by atoms with Gasteiger partial charge in [-0.1, -0.05) is 0 Å². The molecule has 0 aliphatic heterocycles. The van der Waals surface area contributed by atoms with Crippen molar-refractivity contribution in [1.29, 1.82) is 0 Å². The van der Waals surface area contributed by atoms with Gasteiger partial charge in [0, 0.05) is 19.3 Å². The molecule has 84 valence electrons. The van der Waals surface area contributed by atoms with Gasteiger partial charge in [0.1, 0.15) is 5.82 Å². The summed E-state index contributed by atoms with van der Waals surface area (Å²) >= 11 is 0. The number of aliphatic hydroxyl groups is 2. The van der Waals surface area contributed by atoms with Gasteiger partial charge in [-0.05, 0) is 18.6 Å². The Balaban J connectivity index is 2.38. The fourth-order valence-corrected chi connectivity index (χ4v) is 1.08. The molecule has 0 fully saturated rings. The number of aliphatic hydroxyl groups excluding tert-OH is 1. The van der Waals surface area contributed by atoms with Crippen LogP contribution < -0.4 is 5.32 Å². The normalized spacial score (nSPS) is 14.9. The minimum atomic E-state index is -1.15.